The molecule has 0 aliphatic heterocycles. The molecular formula is C24H29FN2O2. The Morgan fingerprint density at radius 1 is 0.931 bits per heavy atom. The molecule has 2 aromatic rings. The largest absolute Gasteiger partial charge is 0.352 e. The fraction of sp³-hybridized carbons (Fsp3) is 0.417. The van der Waals surface area contributed by atoms with Crippen LogP contribution in [0.2, 0.25) is 0 Å². The van der Waals surface area contributed by atoms with E-state index in [1.54, 1.807) is 12.1 Å². The Morgan fingerprint density at radius 3 is 2.14 bits per heavy atom. The summed E-state index contributed by atoms with van der Waals surface area (Å²) in [4.78, 5) is 25.2. The van der Waals surface area contributed by atoms with E-state index in [4.69, 9.17) is 0 Å². The van der Waals surface area contributed by atoms with Gasteiger partial charge >= 0.3 is 0 Å². The lowest BCUT2D eigenvalue weighted by molar-refractivity contribution is -0.128. The van der Waals surface area contributed by atoms with E-state index in [-0.39, 0.29) is 29.5 Å². The van der Waals surface area contributed by atoms with Crippen LogP contribution in [-0.4, -0.2) is 11.8 Å². The summed E-state index contributed by atoms with van der Waals surface area (Å²) < 4.78 is 13.0. The molecule has 0 saturated heterocycles. The van der Waals surface area contributed by atoms with Crippen molar-refractivity contribution in [2.75, 3.05) is 5.32 Å². The third-order valence-electron chi connectivity index (χ3n) is 5.69. The highest BCUT2D eigenvalue weighted by molar-refractivity contribution is 5.93. The van der Waals surface area contributed by atoms with Crippen LogP contribution in [0.15, 0.2) is 48.5 Å². The minimum Gasteiger partial charge on any atom is -0.352 e. The van der Waals surface area contributed by atoms with Crippen LogP contribution < -0.4 is 10.6 Å². The molecule has 4 nitrogen and oxygen atoms in total. The minimum absolute atomic E-state index is 0.0123. The summed E-state index contributed by atoms with van der Waals surface area (Å²) in [5, 5.41) is 6.02. The van der Waals surface area contributed by atoms with Gasteiger partial charge in [-0.1, -0.05) is 44.2 Å². The summed E-state index contributed by atoms with van der Waals surface area (Å²) in [5.41, 5.74) is 2.89. The molecule has 2 amide bonds. The standard InChI is InChI=1S/C24H29FN2O2/c1-16(2)21-5-3-4-6-22(21)27-24(29)19-11-9-18(10-12-19)23(28)26-15-17-7-13-20(25)14-8-17/h3-8,13-14,16,18-19H,9-12,15H2,1-2H3,(H,26,28)(H,27,29). The van der Waals surface area contributed by atoms with Crippen LogP contribution in [-0.2, 0) is 16.1 Å². The molecule has 0 atom stereocenters. The van der Waals surface area contributed by atoms with Crippen molar-refractivity contribution in [2.24, 2.45) is 11.8 Å². The molecule has 3 rings (SSSR count). The first-order chi connectivity index (χ1) is 13.9. The first-order valence-corrected chi connectivity index (χ1v) is 10.4. The average Bonchev–Trinajstić information content (AvgIpc) is 2.73. The van der Waals surface area contributed by atoms with E-state index in [1.807, 2.05) is 24.3 Å². The molecule has 154 valence electrons. The lowest BCUT2D eigenvalue weighted by Crippen LogP contribution is -2.35. The van der Waals surface area contributed by atoms with Crippen LogP contribution in [0.3, 0.4) is 0 Å². The maximum absolute atomic E-state index is 13.0. The molecule has 0 heterocycles. The predicted molar refractivity (Wildman–Crippen MR) is 113 cm³/mol. The number of para-hydroxylation sites is 1. The van der Waals surface area contributed by atoms with Gasteiger partial charge in [0.25, 0.3) is 0 Å². The third-order valence-corrected chi connectivity index (χ3v) is 5.69. The van der Waals surface area contributed by atoms with Crippen molar-refractivity contribution < 1.29 is 14.0 Å². The van der Waals surface area contributed by atoms with E-state index in [1.165, 1.54) is 12.1 Å². The molecule has 0 bridgehead atoms. The van der Waals surface area contributed by atoms with Crippen molar-refractivity contribution in [2.45, 2.75) is 52.0 Å². The lowest BCUT2D eigenvalue weighted by atomic mass is 9.81. The number of halogens is 1. The molecule has 2 aromatic carbocycles. The highest BCUT2D eigenvalue weighted by atomic mass is 19.1. The zero-order valence-electron chi connectivity index (χ0n) is 17.1. The Balaban J connectivity index is 1.47. The SMILES string of the molecule is CC(C)c1ccccc1NC(=O)C1CCC(C(=O)NCc2ccc(F)cc2)CC1. The molecule has 0 aromatic heterocycles. The number of amides is 2. The Hall–Kier alpha value is -2.69. The van der Waals surface area contributed by atoms with Gasteiger partial charge in [-0.3, -0.25) is 9.59 Å². The molecule has 0 radical (unpaired) electrons. The van der Waals surface area contributed by atoms with Crippen molar-refractivity contribution in [3.05, 3.63) is 65.5 Å². The van der Waals surface area contributed by atoms with Gasteiger partial charge < -0.3 is 10.6 Å². The summed E-state index contributed by atoms with van der Waals surface area (Å²) in [6.07, 6.45) is 2.84. The second-order valence-electron chi connectivity index (χ2n) is 8.12. The average molecular weight is 397 g/mol. The molecular weight excluding hydrogens is 367 g/mol. The van der Waals surface area contributed by atoms with Crippen molar-refractivity contribution >= 4 is 17.5 Å². The molecule has 5 heteroatoms. The zero-order chi connectivity index (χ0) is 20.8. The summed E-state index contributed by atoms with van der Waals surface area (Å²) >= 11 is 0. The number of rotatable bonds is 6. The minimum atomic E-state index is -0.285. The van der Waals surface area contributed by atoms with Gasteiger partial charge in [0.05, 0.1) is 0 Å². The number of hydrogen-bond donors (Lipinski definition) is 2. The molecule has 1 aliphatic carbocycles. The van der Waals surface area contributed by atoms with Gasteiger partial charge in [-0.2, -0.15) is 0 Å². The van der Waals surface area contributed by atoms with E-state index in [9.17, 15) is 14.0 Å². The summed E-state index contributed by atoms with van der Waals surface area (Å²) in [6, 6.07) is 14.0. The van der Waals surface area contributed by atoms with Crippen molar-refractivity contribution in [1.82, 2.24) is 5.32 Å². The number of anilines is 1. The molecule has 29 heavy (non-hydrogen) atoms. The maximum atomic E-state index is 13.0. The topological polar surface area (TPSA) is 58.2 Å². The van der Waals surface area contributed by atoms with Gasteiger partial charge in [0.1, 0.15) is 5.82 Å². The van der Waals surface area contributed by atoms with E-state index in [2.05, 4.69) is 24.5 Å². The molecule has 1 saturated carbocycles. The molecule has 1 aliphatic rings. The van der Waals surface area contributed by atoms with Gasteiger partial charge in [-0.15, -0.1) is 0 Å². The highest BCUT2D eigenvalue weighted by Crippen LogP contribution is 2.31. The van der Waals surface area contributed by atoms with E-state index in [0.29, 0.717) is 38.1 Å². The van der Waals surface area contributed by atoms with Gasteiger partial charge in [-0.25, -0.2) is 4.39 Å². The second-order valence-corrected chi connectivity index (χ2v) is 8.12. The van der Waals surface area contributed by atoms with Crippen LogP contribution in [0.25, 0.3) is 0 Å². The third kappa shape index (κ3) is 5.66. The number of carbonyl (C=O) groups is 2. The zero-order valence-corrected chi connectivity index (χ0v) is 17.1. The highest BCUT2D eigenvalue weighted by Gasteiger charge is 2.30. The van der Waals surface area contributed by atoms with E-state index >= 15 is 0 Å². The molecule has 2 N–H and O–H groups in total. The van der Waals surface area contributed by atoms with Crippen LogP contribution in [0.1, 0.15) is 56.6 Å². The van der Waals surface area contributed by atoms with Crippen LogP contribution in [0, 0.1) is 17.7 Å². The number of benzene rings is 2. The van der Waals surface area contributed by atoms with E-state index < -0.39 is 0 Å². The Kier molecular flexibility index (Phi) is 7.02. The summed E-state index contributed by atoms with van der Waals surface area (Å²) in [6.45, 7) is 4.62. The van der Waals surface area contributed by atoms with Crippen molar-refractivity contribution in [1.29, 1.82) is 0 Å². The summed E-state index contributed by atoms with van der Waals surface area (Å²) in [7, 11) is 0. The number of carbonyl (C=O) groups excluding carboxylic acids is 2. The quantitative estimate of drug-likeness (QED) is 0.721. The first-order valence-electron chi connectivity index (χ1n) is 10.4. The van der Waals surface area contributed by atoms with Crippen LogP contribution >= 0.6 is 0 Å². The predicted octanol–water partition coefficient (Wildman–Crippen LogP) is 5.01. The Morgan fingerprint density at radius 2 is 1.52 bits per heavy atom. The normalized spacial score (nSPS) is 19.0. The van der Waals surface area contributed by atoms with Crippen molar-refractivity contribution in [3.63, 3.8) is 0 Å². The molecule has 0 spiro atoms. The monoisotopic (exact) mass is 396 g/mol. The lowest BCUT2D eigenvalue weighted by Gasteiger charge is -2.27. The van der Waals surface area contributed by atoms with Gasteiger partial charge in [-0.05, 0) is 60.9 Å². The first kappa shape index (κ1) is 21.0. The van der Waals surface area contributed by atoms with Crippen molar-refractivity contribution in [3.8, 4) is 0 Å². The van der Waals surface area contributed by atoms with Gasteiger partial charge in [0.2, 0.25) is 11.8 Å². The second kappa shape index (κ2) is 9.68. The number of hydrogen-bond acceptors (Lipinski definition) is 2. The van der Waals surface area contributed by atoms with E-state index in [0.717, 1.165) is 16.8 Å². The molecule has 1 fully saturated rings. The fourth-order valence-corrected chi connectivity index (χ4v) is 3.90. The summed E-state index contributed by atoms with van der Waals surface area (Å²) in [5.74, 6) is -0.0137. The van der Waals surface area contributed by atoms with Crippen LogP contribution in [0.5, 0.6) is 0 Å². The molecule has 0 unspecified atom stereocenters. The smallest absolute Gasteiger partial charge is 0.227 e. The van der Waals surface area contributed by atoms with Gasteiger partial charge in [0, 0.05) is 24.1 Å². The number of nitrogens with one attached hydrogen (secondary N) is 2. The Labute approximate surface area is 171 Å². The Bertz CT molecular complexity index is 840. The van der Waals surface area contributed by atoms with Crippen LogP contribution in [0.4, 0.5) is 10.1 Å². The fourth-order valence-electron chi connectivity index (χ4n) is 3.90. The van der Waals surface area contributed by atoms with Gasteiger partial charge in [0.15, 0.2) is 0 Å². The maximum Gasteiger partial charge on any atom is 0.227 e.